The Hall–Kier alpha value is -3.11. The predicted molar refractivity (Wildman–Crippen MR) is 128 cm³/mol. The molecule has 6 nitrogen and oxygen atoms in total. The van der Waals surface area contributed by atoms with Crippen LogP contribution in [0.15, 0.2) is 64.9 Å². The highest BCUT2D eigenvalue weighted by atomic mass is 32.2. The fourth-order valence-corrected chi connectivity index (χ4v) is 3.78. The lowest BCUT2D eigenvalue weighted by atomic mass is 10.1. The molecule has 0 spiro atoms. The topological polar surface area (TPSA) is 71.4 Å². The molecule has 10 heteroatoms. The van der Waals surface area contributed by atoms with Crippen molar-refractivity contribution in [2.45, 2.75) is 24.3 Å². The van der Waals surface area contributed by atoms with Crippen LogP contribution in [0.4, 0.5) is 14.5 Å². The highest BCUT2D eigenvalue weighted by molar-refractivity contribution is 7.98. The molecule has 1 heterocycles. The summed E-state index contributed by atoms with van der Waals surface area (Å²) >= 11 is 6.49. The zero-order valence-electron chi connectivity index (χ0n) is 17.4. The molecule has 0 atom stereocenters. The quantitative estimate of drug-likeness (QED) is 0.150. The normalized spacial score (nSPS) is 11.0. The van der Waals surface area contributed by atoms with Gasteiger partial charge in [0.05, 0.1) is 13.3 Å². The van der Waals surface area contributed by atoms with Crippen LogP contribution in [-0.2, 0) is 5.75 Å². The van der Waals surface area contributed by atoms with Crippen LogP contribution < -0.4 is 15.5 Å². The molecule has 0 aliphatic carbocycles. The Morgan fingerprint density at radius 1 is 1.19 bits per heavy atom. The third-order valence-corrected chi connectivity index (χ3v) is 5.24. The molecule has 1 aromatic heterocycles. The molecule has 0 bridgehead atoms. The zero-order chi connectivity index (χ0) is 22.9. The summed E-state index contributed by atoms with van der Waals surface area (Å²) < 4.78 is 31.4. The first kappa shape index (κ1) is 23.6. The molecular formula is C22H21F2N5OS2. The second-order valence-electron chi connectivity index (χ2n) is 6.57. The van der Waals surface area contributed by atoms with E-state index < -0.39 is 6.43 Å². The molecule has 2 aromatic carbocycles. The number of aromatic nitrogens is 2. The summed E-state index contributed by atoms with van der Waals surface area (Å²) in [5.74, 6) is 1.11. The SMILES string of the molecule is COc1ccc(C=NNC(=S)Nc2ccccc2)cc1CSc1nc(C)cc(C(F)F)n1. The molecule has 0 amide bonds. The van der Waals surface area contributed by atoms with Gasteiger partial charge in [0.1, 0.15) is 11.4 Å². The van der Waals surface area contributed by atoms with Crippen molar-refractivity contribution in [3.05, 3.63) is 77.1 Å². The number of rotatable bonds is 8. The number of para-hydroxylation sites is 1. The maximum absolute atomic E-state index is 13.0. The van der Waals surface area contributed by atoms with E-state index in [9.17, 15) is 8.78 Å². The van der Waals surface area contributed by atoms with Crippen LogP contribution in [0.2, 0.25) is 0 Å². The van der Waals surface area contributed by atoms with E-state index in [2.05, 4.69) is 25.8 Å². The van der Waals surface area contributed by atoms with E-state index in [1.165, 1.54) is 17.8 Å². The number of halogens is 2. The van der Waals surface area contributed by atoms with Gasteiger partial charge in [0.2, 0.25) is 0 Å². The van der Waals surface area contributed by atoms with Gasteiger partial charge in [-0.25, -0.2) is 18.7 Å². The summed E-state index contributed by atoms with van der Waals surface area (Å²) in [6.07, 6.45) is -1.01. The Kier molecular flexibility index (Phi) is 8.46. The number of anilines is 1. The van der Waals surface area contributed by atoms with Gasteiger partial charge in [-0.1, -0.05) is 30.0 Å². The van der Waals surface area contributed by atoms with Gasteiger partial charge < -0.3 is 10.1 Å². The Morgan fingerprint density at radius 3 is 2.69 bits per heavy atom. The number of nitrogens with one attached hydrogen (secondary N) is 2. The average molecular weight is 474 g/mol. The minimum Gasteiger partial charge on any atom is -0.496 e. The molecule has 0 aliphatic rings. The molecule has 0 radical (unpaired) electrons. The molecule has 32 heavy (non-hydrogen) atoms. The van der Waals surface area contributed by atoms with Crippen molar-refractivity contribution in [3.8, 4) is 5.75 Å². The Balaban J connectivity index is 1.65. The van der Waals surface area contributed by atoms with E-state index in [4.69, 9.17) is 17.0 Å². The molecule has 0 aliphatic heterocycles. The highest BCUT2D eigenvalue weighted by Crippen LogP contribution is 2.28. The maximum atomic E-state index is 13.0. The van der Waals surface area contributed by atoms with E-state index in [0.717, 1.165) is 16.8 Å². The van der Waals surface area contributed by atoms with Crippen LogP contribution in [0.5, 0.6) is 5.75 Å². The number of alkyl halides is 2. The summed E-state index contributed by atoms with van der Waals surface area (Å²) in [6, 6.07) is 16.4. The average Bonchev–Trinajstić information content (AvgIpc) is 2.78. The number of ether oxygens (including phenoxy) is 1. The molecule has 0 saturated heterocycles. The van der Waals surface area contributed by atoms with Gasteiger partial charge in [-0.05, 0) is 61.1 Å². The van der Waals surface area contributed by atoms with Gasteiger partial charge in [0.25, 0.3) is 6.43 Å². The molecule has 3 aromatic rings. The van der Waals surface area contributed by atoms with Gasteiger partial charge in [0, 0.05) is 22.7 Å². The molecule has 0 fully saturated rings. The minimum atomic E-state index is -2.64. The van der Waals surface area contributed by atoms with Crippen molar-refractivity contribution in [1.82, 2.24) is 15.4 Å². The third-order valence-electron chi connectivity index (χ3n) is 4.15. The number of aryl methyl sites for hydroxylation is 1. The van der Waals surface area contributed by atoms with Gasteiger partial charge in [-0.2, -0.15) is 5.10 Å². The van der Waals surface area contributed by atoms with Crippen molar-refractivity contribution in [1.29, 1.82) is 0 Å². The lowest BCUT2D eigenvalue weighted by Gasteiger charge is -2.10. The van der Waals surface area contributed by atoms with E-state index in [0.29, 0.717) is 27.5 Å². The fourth-order valence-electron chi connectivity index (χ4n) is 2.72. The van der Waals surface area contributed by atoms with Crippen LogP contribution in [-0.4, -0.2) is 28.4 Å². The van der Waals surface area contributed by atoms with Gasteiger partial charge in [-0.3, -0.25) is 5.43 Å². The minimum absolute atomic E-state index is 0.279. The lowest BCUT2D eigenvalue weighted by Crippen LogP contribution is -2.23. The number of methoxy groups -OCH3 is 1. The summed E-state index contributed by atoms with van der Waals surface area (Å²) in [5.41, 5.74) is 5.52. The highest BCUT2D eigenvalue weighted by Gasteiger charge is 2.13. The lowest BCUT2D eigenvalue weighted by molar-refractivity contribution is 0.145. The smallest absolute Gasteiger partial charge is 0.280 e. The first-order valence-electron chi connectivity index (χ1n) is 9.53. The Morgan fingerprint density at radius 2 is 1.97 bits per heavy atom. The van der Waals surface area contributed by atoms with Gasteiger partial charge in [-0.15, -0.1) is 0 Å². The van der Waals surface area contributed by atoms with E-state index >= 15 is 0 Å². The number of hydrogen-bond acceptors (Lipinski definition) is 6. The van der Waals surface area contributed by atoms with Crippen molar-refractivity contribution >= 4 is 41.0 Å². The summed E-state index contributed by atoms with van der Waals surface area (Å²) in [4.78, 5) is 8.17. The summed E-state index contributed by atoms with van der Waals surface area (Å²) in [7, 11) is 1.57. The van der Waals surface area contributed by atoms with Crippen LogP contribution in [0, 0.1) is 6.92 Å². The van der Waals surface area contributed by atoms with Crippen molar-refractivity contribution in [3.63, 3.8) is 0 Å². The van der Waals surface area contributed by atoms with Gasteiger partial charge in [0.15, 0.2) is 10.3 Å². The molecular weight excluding hydrogens is 452 g/mol. The van der Waals surface area contributed by atoms with Crippen LogP contribution >= 0.6 is 24.0 Å². The first-order chi connectivity index (χ1) is 15.4. The van der Waals surface area contributed by atoms with Crippen molar-refractivity contribution in [2.24, 2.45) is 5.10 Å². The summed E-state index contributed by atoms with van der Waals surface area (Å²) in [5, 5.41) is 7.85. The van der Waals surface area contributed by atoms with E-state index in [1.54, 1.807) is 20.2 Å². The second kappa shape index (κ2) is 11.5. The van der Waals surface area contributed by atoms with Crippen molar-refractivity contribution in [2.75, 3.05) is 12.4 Å². The number of nitrogens with zero attached hydrogens (tertiary/aromatic N) is 3. The monoisotopic (exact) mass is 473 g/mol. The number of hydrazone groups is 1. The van der Waals surface area contributed by atoms with Gasteiger partial charge >= 0.3 is 0 Å². The molecule has 0 saturated carbocycles. The van der Waals surface area contributed by atoms with Crippen LogP contribution in [0.3, 0.4) is 0 Å². The largest absolute Gasteiger partial charge is 0.496 e. The van der Waals surface area contributed by atoms with Crippen LogP contribution in [0.25, 0.3) is 0 Å². The number of benzene rings is 2. The summed E-state index contributed by atoms with van der Waals surface area (Å²) in [6.45, 7) is 1.67. The van der Waals surface area contributed by atoms with Crippen molar-refractivity contribution < 1.29 is 13.5 Å². The predicted octanol–water partition coefficient (Wildman–Crippen LogP) is 5.34. The number of thiocarbonyl (C=S) groups is 1. The second-order valence-corrected chi connectivity index (χ2v) is 7.92. The van der Waals surface area contributed by atoms with E-state index in [-0.39, 0.29) is 5.69 Å². The third kappa shape index (κ3) is 6.96. The van der Waals surface area contributed by atoms with Crippen LogP contribution in [0.1, 0.15) is 28.9 Å². The molecule has 166 valence electrons. The molecule has 2 N–H and O–H groups in total. The Labute approximate surface area is 194 Å². The fraction of sp³-hybridized carbons (Fsp3) is 0.182. The number of thioether (sulfide) groups is 1. The maximum Gasteiger partial charge on any atom is 0.280 e. The zero-order valence-corrected chi connectivity index (χ0v) is 19.0. The first-order valence-corrected chi connectivity index (χ1v) is 10.9. The molecule has 0 unspecified atom stereocenters. The number of hydrogen-bond donors (Lipinski definition) is 2. The Bertz CT molecular complexity index is 1100. The molecule has 3 rings (SSSR count). The van der Waals surface area contributed by atoms with E-state index in [1.807, 2.05) is 48.5 Å². The standard InChI is InChI=1S/C22H21F2N5OS2/c1-14-10-18(20(23)24)28-22(26-14)32-13-16-11-15(8-9-19(16)30-2)12-25-29-21(31)27-17-6-4-3-5-7-17/h3-12,20H,13H2,1-2H3,(H2,27,29,31).